The van der Waals surface area contributed by atoms with Crippen LogP contribution in [0.1, 0.15) is 23.7 Å². The molecule has 3 aromatic rings. The summed E-state index contributed by atoms with van der Waals surface area (Å²) in [6.45, 7) is 0. The summed E-state index contributed by atoms with van der Waals surface area (Å²) in [5.74, 6) is 1.46. The molecule has 2 aromatic carbocycles. The minimum Gasteiger partial charge on any atom is -0.485 e. The highest BCUT2D eigenvalue weighted by Crippen LogP contribution is 2.35. The lowest BCUT2D eigenvalue weighted by Crippen LogP contribution is -2.21. The van der Waals surface area contributed by atoms with Crippen molar-refractivity contribution in [1.29, 1.82) is 0 Å². The van der Waals surface area contributed by atoms with Crippen molar-refractivity contribution in [1.82, 2.24) is 9.97 Å². The Bertz CT molecular complexity index is 850. The number of nitrogens with one attached hydrogen (secondary N) is 1. The predicted octanol–water partition coefficient (Wildman–Crippen LogP) is 3.82. The monoisotopic (exact) mass is 316 g/mol. The van der Waals surface area contributed by atoms with Crippen LogP contribution in [0, 0.1) is 0 Å². The van der Waals surface area contributed by atoms with Gasteiger partial charge in [-0.2, -0.15) is 5.10 Å². The molecule has 2 heterocycles. The average Bonchev–Trinajstić information content (AvgIpc) is 2.67. The molecule has 0 saturated heterocycles. The fourth-order valence-corrected chi connectivity index (χ4v) is 2.73. The second kappa shape index (κ2) is 6.50. The van der Waals surface area contributed by atoms with Crippen LogP contribution in [0.2, 0.25) is 0 Å². The van der Waals surface area contributed by atoms with Crippen LogP contribution in [-0.2, 0) is 0 Å². The van der Waals surface area contributed by atoms with E-state index in [2.05, 4.69) is 32.6 Å². The molecule has 5 nitrogen and oxygen atoms in total. The second-order valence-electron chi connectivity index (χ2n) is 5.48. The first-order chi connectivity index (χ1) is 11.9. The number of para-hydroxylation sites is 1. The zero-order valence-electron chi connectivity index (χ0n) is 13.0. The van der Waals surface area contributed by atoms with Gasteiger partial charge in [0.05, 0.1) is 11.9 Å². The number of hydrazone groups is 1. The standard InChI is InChI=1S/C19H16N4O/c1-2-6-14(7-3-1)18-12-16(15-8-4-5-9-17(15)24-18)22-23-19-13-20-10-11-21-19/h1-11,13,18H,12H2,(H,21,23). The van der Waals surface area contributed by atoms with Crippen LogP contribution >= 0.6 is 0 Å². The van der Waals surface area contributed by atoms with Gasteiger partial charge in [0.25, 0.3) is 0 Å². The van der Waals surface area contributed by atoms with Gasteiger partial charge in [-0.05, 0) is 17.7 Å². The first-order valence-electron chi connectivity index (χ1n) is 7.80. The Morgan fingerprint density at radius 1 is 1.00 bits per heavy atom. The molecule has 0 bridgehead atoms. The maximum atomic E-state index is 6.16. The van der Waals surface area contributed by atoms with E-state index in [9.17, 15) is 0 Å². The molecule has 1 aliphatic heterocycles. The number of anilines is 1. The van der Waals surface area contributed by atoms with Crippen LogP contribution in [0.4, 0.5) is 5.82 Å². The lowest BCUT2D eigenvalue weighted by atomic mass is 9.96. The van der Waals surface area contributed by atoms with Crippen LogP contribution in [0.25, 0.3) is 0 Å². The average molecular weight is 316 g/mol. The van der Waals surface area contributed by atoms with Crippen molar-refractivity contribution in [2.75, 3.05) is 5.43 Å². The molecule has 0 saturated carbocycles. The number of aromatic nitrogens is 2. The number of hydrogen-bond donors (Lipinski definition) is 1. The summed E-state index contributed by atoms with van der Waals surface area (Å²) < 4.78 is 6.16. The summed E-state index contributed by atoms with van der Waals surface area (Å²) in [4.78, 5) is 8.22. The molecule has 0 spiro atoms. The first-order valence-corrected chi connectivity index (χ1v) is 7.80. The summed E-state index contributed by atoms with van der Waals surface area (Å²) in [5, 5.41) is 4.55. The van der Waals surface area contributed by atoms with Crippen molar-refractivity contribution in [3.63, 3.8) is 0 Å². The molecule has 0 fully saturated rings. The predicted molar refractivity (Wildman–Crippen MR) is 93.1 cm³/mol. The normalized spacial score (nSPS) is 17.8. The molecule has 0 amide bonds. The Morgan fingerprint density at radius 3 is 2.67 bits per heavy atom. The van der Waals surface area contributed by atoms with Gasteiger partial charge in [-0.15, -0.1) is 0 Å². The van der Waals surface area contributed by atoms with E-state index in [-0.39, 0.29) is 6.10 Å². The van der Waals surface area contributed by atoms with E-state index >= 15 is 0 Å². The van der Waals surface area contributed by atoms with E-state index in [1.807, 2.05) is 42.5 Å². The van der Waals surface area contributed by atoms with Crippen molar-refractivity contribution in [2.24, 2.45) is 5.10 Å². The largest absolute Gasteiger partial charge is 0.485 e. The Morgan fingerprint density at radius 2 is 1.83 bits per heavy atom. The number of nitrogens with zero attached hydrogens (tertiary/aromatic N) is 3. The minimum absolute atomic E-state index is 0.0523. The topological polar surface area (TPSA) is 59.4 Å². The summed E-state index contributed by atoms with van der Waals surface area (Å²) >= 11 is 0. The van der Waals surface area contributed by atoms with Crippen LogP contribution in [0.3, 0.4) is 0 Å². The molecular formula is C19H16N4O. The summed E-state index contributed by atoms with van der Waals surface area (Å²) in [6.07, 6.45) is 5.54. The molecular weight excluding hydrogens is 300 g/mol. The molecule has 0 radical (unpaired) electrons. The van der Waals surface area contributed by atoms with Crippen molar-refractivity contribution in [3.8, 4) is 5.75 Å². The van der Waals surface area contributed by atoms with Gasteiger partial charge >= 0.3 is 0 Å². The van der Waals surface area contributed by atoms with Gasteiger partial charge in [0.2, 0.25) is 0 Å². The van der Waals surface area contributed by atoms with Crippen LogP contribution in [0.5, 0.6) is 5.75 Å². The maximum absolute atomic E-state index is 6.16. The zero-order chi connectivity index (χ0) is 16.2. The SMILES string of the molecule is c1ccc(C2CC(=NNc3cnccn3)c3ccccc3O2)cc1. The van der Waals surface area contributed by atoms with Crippen LogP contribution in [-0.4, -0.2) is 15.7 Å². The van der Waals surface area contributed by atoms with E-state index in [4.69, 9.17) is 4.74 Å². The van der Waals surface area contributed by atoms with Gasteiger partial charge in [0.1, 0.15) is 11.9 Å². The number of rotatable bonds is 3. The first kappa shape index (κ1) is 14.4. The van der Waals surface area contributed by atoms with E-state index < -0.39 is 0 Å². The molecule has 0 aliphatic carbocycles. The molecule has 118 valence electrons. The van der Waals surface area contributed by atoms with Crippen molar-refractivity contribution >= 4 is 11.5 Å². The Hall–Kier alpha value is -3.21. The van der Waals surface area contributed by atoms with Crippen molar-refractivity contribution in [2.45, 2.75) is 12.5 Å². The Balaban J connectivity index is 1.67. The molecule has 5 heteroatoms. The van der Waals surface area contributed by atoms with E-state index in [0.29, 0.717) is 12.2 Å². The molecule has 1 atom stereocenters. The highest BCUT2D eigenvalue weighted by atomic mass is 16.5. The highest BCUT2D eigenvalue weighted by Gasteiger charge is 2.26. The fourth-order valence-electron chi connectivity index (χ4n) is 2.73. The van der Waals surface area contributed by atoms with Gasteiger partial charge in [-0.25, -0.2) is 4.98 Å². The lowest BCUT2D eigenvalue weighted by molar-refractivity contribution is 0.206. The third-order valence-corrected chi connectivity index (χ3v) is 3.89. The Kier molecular flexibility index (Phi) is 3.90. The van der Waals surface area contributed by atoms with Crippen molar-refractivity contribution in [3.05, 3.63) is 84.3 Å². The minimum atomic E-state index is -0.0523. The van der Waals surface area contributed by atoms with Gasteiger partial charge in [-0.3, -0.25) is 10.4 Å². The number of hydrogen-bond acceptors (Lipinski definition) is 5. The lowest BCUT2D eigenvalue weighted by Gasteiger charge is -2.27. The summed E-state index contributed by atoms with van der Waals surface area (Å²) in [6, 6.07) is 18.2. The highest BCUT2D eigenvalue weighted by molar-refractivity contribution is 6.04. The number of benzene rings is 2. The Labute approximate surface area is 140 Å². The maximum Gasteiger partial charge on any atom is 0.164 e. The molecule has 24 heavy (non-hydrogen) atoms. The third-order valence-electron chi connectivity index (χ3n) is 3.89. The molecule has 1 N–H and O–H groups in total. The van der Waals surface area contributed by atoms with E-state index in [1.165, 1.54) is 0 Å². The van der Waals surface area contributed by atoms with Crippen molar-refractivity contribution < 1.29 is 4.74 Å². The number of fused-ring (bicyclic) bond motifs is 1. The summed E-state index contributed by atoms with van der Waals surface area (Å²) in [5.41, 5.74) is 6.07. The quantitative estimate of drug-likeness (QED) is 0.746. The van der Waals surface area contributed by atoms with Gasteiger partial charge < -0.3 is 4.74 Å². The van der Waals surface area contributed by atoms with Gasteiger partial charge in [-0.1, -0.05) is 42.5 Å². The second-order valence-corrected chi connectivity index (χ2v) is 5.48. The van der Waals surface area contributed by atoms with Gasteiger partial charge in [0.15, 0.2) is 5.82 Å². The van der Waals surface area contributed by atoms with E-state index in [0.717, 1.165) is 22.6 Å². The van der Waals surface area contributed by atoms with Gasteiger partial charge in [0, 0.05) is 24.4 Å². The fraction of sp³-hybridized carbons (Fsp3) is 0.105. The molecule has 4 rings (SSSR count). The summed E-state index contributed by atoms with van der Waals surface area (Å²) in [7, 11) is 0. The number of ether oxygens (including phenoxy) is 1. The molecule has 1 aromatic heterocycles. The molecule has 1 unspecified atom stereocenters. The van der Waals surface area contributed by atoms with Crippen LogP contribution < -0.4 is 10.2 Å². The zero-order valence-corrected chi connectivity index (χ0v) is 13.0. The van der Waals surface area contributed by atoms with E-state index in [1.54, 1.807) is 18.6 Å². The molecule has 1 aliphatic rings. The third kappa shape index (κ3) is 2.96. The van der Waals surface area contributed by atoms with Crippen LogP contribution in [0.15, 0.2) is 78.3 Å². The smallest absolute Gasteiger partial charge is 0.164 e.